The molecule has 0 saturated carbocycles. The molecular weight excluding hydrogens is 124 g/mol. The Labute approximate surface area is 62.8 Å². The first-order chi connectivity index (χ1) is 4.79. The summed E-state index contributed by atoms with van der Waals surface area (Å²) in [5.74, 6) is 0. The van der Waals surface area contributed by atoms with Crippen LogP contribution >= 0.6 is 0 Å². The molecule has 58 valence electrons. The van der Waals surface area contributed by atoms with Gasteiger partial charge in [0.05, 0.1) is 6.10 Å². The second kappa shape index (κ2) is 3.77. The first kappa shape index (κ1) is 7.80. The van der Waals surface area contributed by atoms with E-state index < -0.39 is 0 Å². The molecule has 10 heavy (non-hydrogen) atoms. The largest absolute Gasteiger partial charge is 0.393 e. The molecule has 0 saturated heterocycles. The van der Waals surface area contributed by atoms with Crippen molar-refractivity contribution in [3.05, 3.63) is 11.6 Å². The van der Waals surface area contributed by atoms with Crippen LogP contribution in [0.15, 0.2) is 11.6 Å². The lowest BCUT2D eigenvalue weighted by atomic mass is 9.99. The molecule has 1 rings (SSSR count). The maximum absolute atomic E-state index is 9.34. The van der Waals surface area contributed by atoms with Crippen molar-refractivity contribution in [1.29, 1.82) is 0 Å². The lowest BCUT2D eigenvalue weighted by molar-refractivity contribution is 0.159. The molecule has 0 radical (unpaired) electrons. The van der Waals surface area contributed by atoms with Gasteiger partial charge >= 0.3 is 0 Å². The predicted molar refractivity (Wildman–Crippen MR) is 42.8 cm³/mol. The summed E-state index contributed by atoms with van der Waals surface area (Å²) in [5.41, 5.74) is 1.35. The summed E-state index contributed by atoms with van der Waals surface area (Å²) in [4.78, 5) is 0. The minimum absolute atomic E-state index is 0.0726. The molecule has 1 unspecified atom stereocenters. The van der Waals surface area contributed by atoms with Crippen molar-refractivity contribution in [2.24, 2.45) is 0 Å². The number of aliphatic hydroxyl groups excluding tert-OH is 1. The highest BCUT2D eigenvalue weighted by Crippen LogP contribution is 2.16. The van der Waals surface area contributed by atoms with E-state index in [0.29, 0.717) is 0 Å². The molecule has 1 aliphatic carbocycles. The average Bonchev–Trinajstić information content (AvgIpc) is 1.83. The zero-order chi connectivity index (χ0) is 7.40. The van der Waals surface area contributed by atoms with Gasteiger partial charge in [-0.25, -0.2) is 0 Å². The summed E-state index contributed by atoms with van der Waals surface area (Å²) in [6.07, 6.45) is 7.70. The molecule has 0 aromatic carbocycles. The number of hydrogen-bond donors (Lipinski definition) is 1. The van der Waals surface area contributed by atoms with E-state index in [1.807, 2.05) is 0 Å². The van der Waals surface area contributed by atoms with Crippen LogP contribution in [-0.2, 0) is 0 Å². The van der Waals surface area contributed by atoms with Gasteiger partial charge in [0.1, 0.15) is 0 Å². The topological polar surface area (TPSA) is 20.2 Å². The van der Waals surface area contributed by atoms with Crippen molar-refractivity contribution in [2.45, 2.75) is 45.1 Å². The van der Waals surface area contributed by atoms with Gasteiger partial charge in [-0.15, -0.1) is 0 Å². The Morgan fingerprint density at radius 1 is 1.50 bits per heavy atom. The highest BCUT2D eigenvalue weighted by Gasteiger charge is 2.06. The van der Waals surface area contributed by atoms with Gasteiger partial charge in [0.25, 0.3) is 0 Å². The fourth-order valence-corrected chi connectivity index (χ4v) is 1.43. The Balaban J connectivity index is 2.43. The maximum Gasteiger partial charge on any atom is 0.0577 e. The van der Waals surface area contributed by atoms with Gasteiger partial charge in [0, 0.05) is 0 Å². The number of allylic oxidation sites excluding steroid dienone is 1. The van der Waals surface area contributed by atoms with E-state index in [4.69, 9.17) is 0 Å². The second-order valence-electron chi connectivity index (χ2n) is 3.19. The summed E-state index contributed by atoms with van der Waals surface area (Å²) >= 11 is 0. The van der Waals surface area contributed by atoms with Gasteiger partial charge in [-0.05, 0) is 32.6 Å². The van der Waals surface area contributed by atoms with Crippen molar-refractivity contribution in [1.82, 2.24) is 0 Å². The van der Waals surface area contributed by atoms with Gasteiger partial charge < -0.3 is 5.11 Å². The summed E-state index contributed by atoms with van der Waals surface area (Å²) in [7, 11) is 0. The van der Waals surface area contributed by atoms with Crippen molar-refractivity contribution >= 4 is 0 Å². The van der Waals surface area contributed by atoms with E-state index >= 15 is 0 Å². The van der Waals surface area contributed by atoms with Crippen LogP contribution in [0.5, 0.6) is 0 Å². The van der Waals surface area contributed by atoms with Crippen LogP contribution in [-0.4, -0.2) is 11.2 Å². The van der Waals surface area contributed by atoms with Crippen molar-refractivity contribution in [2.75, 3.05) is 0 Å². The Morgan fingerprint density at radius 3 is 3.10 bits per heavy atom. The maximum atomic E-state index is 9.34. The minimum atomic E-state index is -0.0726. The molecule has 0 bridgehead atoms. The van der Waals surface area contributed by atoms with E-state index in [-0.39, 0.29) is 6.10 Å². The average molecular weight is 140 g/mol. The molecule has 0 spiro atoms. The Hall–Kier alpha value is -0.300. The normalized spacial score (nSPS) is 28.6. The lowest BCUT2D eigenvalue weighted by Gasteiger charge is -2.13. The first-order valence-corrected chi connectivity index (χ1v) is 4.13. The monoisotopic (exact) mass is 140 g/mol. The lowest BCUT2D eigenvalue weighted by Crippen LogP contribution is -2.08. The Bertz CT molecular complexity index is 127. The molecule has 1 N–H and O–H groups in total. The molecule has 0 amide bonds. The molecular formula is C9H16O. The minimum Gasteiger partial charge on any atom is -0.393 e. The van der Waals surface area contributed by atoms with Crippen LogP contribution < -0.4 is 0 Å². The van der Waals surface area contributed by atoms with Crippen LogP contribution in [0.1, 0.15) is 39.0 Å². The van der Waals surface area contributed by atoms with Gasteiger partial charge in [-0.2, -0.15) is 0 Å². The zero-order valence-electron chi connectivity index (χ0n) is 6.64. The van der Waals surface area contributed by atoms with Crippen LogP contribution in [0.25, 0.3) is 0 Å². The fourth-order valence-electron chi connectivity index (χ4n) is 1.43. The first-order valence-electron chi connectivity index (χ1n) is 4.13. The van der Waals surface area contributed by atoms with Gasteiger partial charge in [-0.3, -0.25) is 0 Å². The van der Waals surface area contributed by atoms with Gasteiger partial charge in [0.15, 0.2) is 0 Å². The van der Waals surface area contributed by atoms with Gasteiger partial charge in [0.2, 0.25) is 0 Å². The van der Waals surface area contributed by atoms with E-state index in [1.165, 1.54) is 24.8 Å². The third kappa shape index (κ3) is 2.53. The number of aliphatic hydroxyl groups is 1. The molecule has 0 aromatic rings. The highest BCUT2D eigenvalue weighted by atomic mass is 16.3. The van der Waals surface area contributed by atoms with Crippen LogP contribution in [0.3, 0.4) is 0 Å². The SMILES string of the molecule is CC1=CCCCCC(O)C1. The van der Waals surface area contributed by atoms with Crippen LogP contribution in [0.2, 0.25) is 0 Å². The molecule has 0 heterocycles. The van der Waals surface area contributed by atoms with Crippen molar-refractivity contribution in [3.63, 3.8) is 0 Å². The molecule has 0 fully saturated rings. The van der Waals surface area contributed by atoms with Crippen molar-refractivity contribution < 1.29 is 5.11 Å². The second-order valence-corrected chi connectivity index (χ2v) is 3.19. The summed E-state index contributed by atoms with van der Waals surface area (Å²) < 4.78 is 0. The Kier molecular flexibility index (Phi) is 2.94. The van der Waals surface area contributed by atoms with E-state index in [9.17, 15) is 5.11 Å². The van der Waals surface area contributed by atoms with Gasteiger partial charge in [-0.1, -0.05) is 18.1 Å². The van der Waals surface area contributed by atoms with E-state index in [1.54, 1.807) is 0 Å². The van der Waals surface area contributed by atoms with E-state index in [2.05, 4.69) is 13.0 Å². The predicted octanol–water partition coefficient (Wildman–Crippen LogP) is 2.26. The summed E-state index contributed by atoms with van der Waals surface area (Å²) in [6.45, 7) is 2.11. The fraction of sp³-hybridized carbons (Fsp3) is 0.778. The number of rotatable bonds is 0. The van der Waals surface area contributed by atoms with Crippen molar-refractivity contribution in [3.8, 4) is 0 Å². The smallest absolute Gasteiger partial charge is 0.0577 e. The third-order valence-electron chi connectivity index (χ3n) is 2.04. The molecule has 0 aliphatic heterocycles. The van der Waals surface area contributed by atoms with Crippen LogP contribution in [0.4, 0.5) is 0 Å². The Morgan fingerprint density at radius 2 is 2.30 bits per heavy atom. The molecule has 1 aliphatic rings. The van der Waals surface area contributed by atoms with Crippen LogP contribution in [0, 0.1) is 0 Å². The van der Waals surface area contributed by atoms with E-state index in [0.717, 1.165) is 12.8 Å². The summed E-state index contributed by atoms with van der Waals surface area (Å²) in [5, 5.41) is 9.34. The molecule has 1 atom stereocenters. The quantitative estimate of drug-likeness (QED) is 0.512. The number of hydrogen-bond acceptors (Lipinski definition) is 1. The highest BCUT2D eigenvalue weighted by molar-refractivity contribution is 5.00. The molecule has 1 nitrogen and oxygen atoms in total. The molecule has 1 heteroatoms. The standard InChI is InChI=1S/C9H16O/c1-8-5-3-2-4-6-9(10)7-8/h5,9-10H,2-4,6-7H2,1H3. The zero-order valence-corrected chi connectivity index (χ0v) is 6.64. The molecule has 0 aromatic heterocycles. The third-order valence-corrected chi connectivity index (χ3v) is 2.04. The summed E-state index contributed by atoms with van der Waals surface area (Å²) in [6, 6.07) is 0.